The molecule has 4 rings (SSSR count). The third-order valence-electron chi connectivity index (χ3n) is 15.8. The zero-order valence-electron chi connectivity index (χ0n) is 49.8. The zero-order valence-corrected chi connectivity index (χ0v) is 49.8. The highest BCUT2D eigenvalue weighted by molar-refractivity contribution is 5.99. The van der Waals surface area contributed by atoms with Crippen molar-refractivity contribution in [1.82, 2.24) is 40.4 Å². The van der Waals surface area contributed by atoms with E-state index in [1.807, 2.05) is 57.2 Å². The first-order valence-corrected chi connectivity index (χ1v) is 28.3. The molecule has 19 nitrogen and oxygen atoms in total. The number of nitrogens with zero attached hydrogens (tertiary/aromatic N) is 5. The predicted octanol–water partition coefficient (Wildman–Crippen LogP) is 4.37. The molecule has 19 heteroatoms. The largest absolute Gasteiger partial charge is 0.450 e. The number of likely N-dealkylation sites (N-methyl/N-ethyl adjacent to an activating group) is 4. The summed E-state index contributed by atoms with van der Waals surface area (Å²) in [5, 5.41) is 20.5. The van der Waals surface area contributed by atoms with Crippen LogP contribution in [-0.2, 0) is 60.7 Å². The molecule has 2 heterocycles. The number of aliphatic hydroxyl groups is 1. The van der Waals surface area contributed by atoms with Crippen LogP contribution in [0.25, 0.3) is 0 Å². The molecular weight excluding hydrogens is 1010 g/mol. The van der Waals surface area contributed by atoms with E-state index in [0.29, 0.717) is 24.8 Å². The van der Waals surface area contributed by atoms with Crippen molar-refractivity contribution < 1.29 is 53.0 Å². The Morgan fingerprint density at radius 1 is 0.582 bits per heavy atom. The van der Waals surface area contributed by atoms with Gasteiger partial charge in [-0.2, -0.15) is 0 Å². The van der Waals surface area contributed by atoms with E-state index in [1.165, 1.54) is 61.6 Å². The van der Waals surface area contributed by atoms with Gasteiger partial charge in [0.1, 0.15) is 42.3 Å². The molecule has 0 saturated carbocycles. The summed E-state index contributed by atoms with van der Waals surface area (Å²) in [5.41, 5.74) is -0.551. The zero-order chi connectivity index (χ0) is 59.4. The number of nitrogens with one attached hydrogen (secondary N) is 3. The predicted molar refractivity (Wildman–Crippen MR) is 301 cm³/mol. The summed E-state index contributed by atoms with van der Waals surface area (Å²) in [6.07, 6.45) is 0.101. The molecule has 0 radical (unpaired) electrons. The lowest BCUT2D eigenvalue weighted by molar-refractivity contribution is -0.177. The van der Waals surface area contributed by atoms with Gasteiger partial charge in [-0.15, -0.1) is 0 Å². The maximum Gasteiger partial charge on any atom is 0.332 e. The average Bonchev–Trinajstić information content (AvgIpc) is 3.89. The molecule has 0 bridgehead atoms. The van der Waals surface area contributed by atoms with E-state index in [4.69, 9.17) is 4.74 Å². The first kappa shape index (κ1) is 65.2. The summed E-state index contributed by atoms with van der Waals surface area (Å²) in [7, 11) is 5.67. The molecule has 2 fully saturated rings. The van der Waals surface area contributed by atoms with Gasteiger partial charge < -0.3 is 50.3 Å². The van der Waals surface area contributed by atoms with Gasteiger partial charge in [-0.1, -0.05) is 136 Å². The van der Waals surface area contributed by atoms with Crippen LogP contribution in [-0.4, -0.2) is 178 Å². The van der Waals surface area contributed by atoms with Gasteiger partial charge in [-0.3, -0.25) is 38.4 Å². The van der Waals surface area contributed by atoms with E-state index < -0.39 is 137 Å². The van der Waals surface area contributed by atoms with Crippen LogP contribution in [0.3, 0.4) is 0 Å². The molecular formula is C60H92N8O11. The van der Waals surface area contributed by atoms with E-state index >= 15 is 9.59 Å². The number of ether oxygens (including phenoxy) is 1. The van der Waals surface area contributed by atoms with E-state index in [-0.39, 0.29) is 38.1 Å². The Kier molecular flexibility index (Phi) is 23.6. The highest BCUT2D eigenvalue weighted by Crippen LogP contribution is 2.27. The number of esters is 1. The summed E-state index contributed by atoms with van der Waals surface area (Å²) < 4.78 is 6.09. The van der Waals surface area contributed by atoms with Crippen LogP contribution >= 0.6 is 0 Å². The molecule has 2 aromatic rings. The topological polar surface area (TPSA) is 235 Å². The fourth-order valence-electron chi connectivity index (χ4n) is 11.0. The second-order valence-corrected chi connectivity index (χ2v) is 23.7. The van der Waals surface area contributed by atoms with Gasteiger partial charge in [0.05, 0.1) is 5.60 Å². The van der Waals surface area contributed by atoms with Crippen LogP contribution in [0.4, 0.5) is 0 Å². The van der Waals surface area contributed by atoms with Crippen molar-refractivity contribution in [3.05, 3.63) is 71.8 Å². The summed E-state index contributed by atoms with van der Waals surface area (Å²) in [6, 6.07) is 8.11. The Morgan fingerprint density at radius 2 is 1.06 bits per heavy atom. The third-order valence-corrected chi connectivity index (χ3v) is 15.8. The second-order valence-electron chi connectivity index (χ2n) is 23.7. The minimum Gasteiger partial charge on any atom is -0.450 e. The molecule has 2 aromatic carbocycles. The van der Waals surface area contributed by atoms with Crippen LogP contribution < -0.4 is 16.0 Å². The first-order valence-electron chi connectivity index (χ1n) is 28.3. The fraction of sp³-hybridized carbons (Fsp3) is 0.650. The Balaban J connectivity index is 1.98. The number of carbonyl (C=O) groups is 9. The molecule has 11 atom stereocenters. The summed E-state index contributed by atoms with van der Waals surface area (Å²) in [4.78, 5) is 140. The van der Waals surface area contributed by atoms with Crippen LogP contribution in [0.5, 0.6) is 0 Å². The smallest absolute Gasteiger partial charge is 0.332 e. The molecule has 2 saturated heterocycles. The van der Waals surface area contributed by atoms with Gasteiger partial charge in [-0.05, 0) is 74.3 Å². The lowest BCUT2D eigenvalue weighted by atomic mass is 9.94. The summed E-state index contributed by atoms with van der Waals surface area (Å²) in [5.74, 6) is -8.65. The second kappa shape index (κ2) is 28.7. The summed E-state index contributed by atoms with van der Waals surface area (Å²) in [6.45, 7) is 20.6. The highest BCUT2D eigenvalue weighted by Gasteiger charge is 2.48. The van der Waals surface area contributed by atoms with Gasteiger partial charge in [0.25, 0.3) is 5.91 Å². The lowest BCUT2D eigenvalue weighted by Gasteiger charge is -2.39. The standard InChI is InChI=1S/C60H92N8O11/c1-17-38(9)46-57(75)65(14)47(36(5)6)52(70)61-42(32-35(3)4)55(73)67(16)50(60(11,12)78)59(77)79-49(39(10)18-2)58(76)66(15)48(37(7)8)53(71)62-43(33-40-26-21-19-22-27-40)54(72)64(13)45(34-41-28-23-20-24-29-41)56(74)68-31-25-30-44(68)51(69)63-46/h19-24,26-29,35-39,42-50,78H,17-18,25,30-34H2,1-16H3,(H,61,70)(H,62,71)(H,63,69)/t38-,39-,42+,43+,44?,45+,46+,47+,48+,49+,50?/m1/s1/i60+2. The monoisotopic (exact) mass is 1100 g/mol. The fourth-order valence-corrected chi connectivity index (χ4v) is 11.0. The Morgan fingerprint density at radius 3 is 1.54 bits per heavy atom. The number of fused-ring (bicyclic) bond motifs is 1. The number of benzene rings is 2. The van der Waals surface area contributed by atoms with Gasteiger partial charge in [0.15, 0.2) is 12.1 Å². The van der Waals surface area contributed by atoms with Crippen molar-refractivity contribution in [1.29, 1.82) is 0 Å². The van der Waals surface area contributed by atoms with Crippen molar-refractivity contribution in [2.24, 2.45) is 29.6 Å². The van der Waals surface area contributed by atoms with Crippen LogP contribution in [0.15, 0.2) is 60.7 Å². The normalized spacial score (nSPS) is 26.5. The van der Waals surface area contributed by atoms with Gasteiger partial charge in [0, 0.05) is 53.5 Å². The molecule has 2 unspecified atom stereocenters. The van der Waals surface area contributed by atoms with Gasteiger partial charge >= 0.3 is 5.97 Å². The number of hydrogen-bond acceptors (Lipinski definition) is 11. The SMILES string of the molecule is CC[C@@H](C)[C@@H]1NC(=O)C2CCCN2C(=O)[C@H](Cc2ccccc2)N(C)C(=O)[C@H](Cc2ccccc2)NC(=O)[C@H](C(C)C)N(C)C(=O)[C@H]([C@H](C)CC)OC(=O)C([14C](C)(C)O)N(C)C(=O)[C@H](CC(C)C)NC(=O)[C@H](C(C)C)N(C)C1=O. The van der Waals surface area contributed by atoms with Crippen LogP contribution in [0.2, 0.25) is 0 Å². The molecule has 438 valence electrons. The van der Waals surface area contributed by atoms with E-state index in [9.17, 15) is 38.7 Å². The van der Waals surface area contributed by atoms with E-state index in [1.54, 1.807) is 72.7 Å². The van der Waals surface area contributed by atoms with Crippen molar-refractivity contribution in [2.45, 2.75) is 188 Å². The van der Waals surface area contributed by atoms with Crippen molar-refractivity contribution >= 4 is 53.2 Å². The van der Waals surface area contributed by atoms with Crippen LogP contribution in [0.1, 0.15) is 126 Å². The number of carbonyl (C=O) groups excluding carboxylic acids is 9. The molecule has 8 amide bonds. The number of rotatable bonds is 13. The van der Waals surface area contributed by atoms with Crippen molar-refractivity contribution in [3.8, 4) is 0 Å². The lowest BCUT2D eigenvalue weighted by Crippen LogP contribution is -2.63. The average molecular weight is 1100 g/mol. The Hall–Kier alpha value is -6.37. The highest BCUT2D eigenvalue weighted by atomic mass is 16.6. The van der Waals surface area contributed by atoms with E-state index in [2.05, 4.69) is 16.0 Å². The number of amides is 8. The minimum atomic E-state index is -1.97. The van der Waals surface area contributed by atoms with Crippen LogP contribution in [0, 0.1) is 29.6 Å². The Labute approximate surface area is 469 Å². The van der Waals surface area contributed by atoms with Crippen molar-refractivity contribution in [2.75, 3.05) is 34.7 Å². The molecule has 4 N–H and O–H groups in total. The Bertz CT molecular complexity index is 2430. The molecule has 0 aliphatic carbocycles. The van der Waals surface area contributed by atoms with Gasteiger partial charge in [0.2, 0.25) is 41.4 Å². The number of cyclic esters (lactones) is 1. The molecule has 2 aliphatic rings. The van der Waals surface area contributed by atoms with Gasteiger partial charge in [-0.25, -0.2) is 4.79 Å². The first-order chi connectivity index (χ1) is 37.0. The minimum absolute atomic E-state index is 0.00676. The quantitative estimate of drug-likeness (QED) is 0.206. The molecule has 2 aliphatic heterocycles. The molecule has 0 spiro atoms. The molecule has 79 heavy (non-hydrogen) atoms. The number of hydrogen-bond donors (Lipinski definition) is 4. The van der Waals surface area contributed by atoms with E-state index in [0.717, 1.165) is 10.5 Å². The van der Waals surface area contributed by atoms with Crippen molar-refractivity contribution in [3.63, 3.8) is 0 Å². The maximum atomic E-state index is 15.3. The third kappa shape index (κ3) is 16.4. The maximum absolute atomic E-state index is 15.3. The molecule has 0 aromatic heterocycles. The summed E-state index contributed by atoms with van der Waals surface area (Å²) >= 11 is 0.